The van der Waals surface area contributed by atoms with E-state index in [1.54, 1.807) is 24.3 Å². The molecule has 0 bridgehead atoms. The second kappa shape index (κ2) is 7.68. The maximum absolute atomic E-state index is 12.2. The van der Waals surface area contributed by atoms with Gasteiger partial charge in [-0.2, -0.15) is 0 Å². The Bertz CT molecular complexity index is 743. The summed E-state index contributed by atoms with van der Waals surface area (Å²) in [7, 11) is -1.48. The summed E-state index contributed by atoms with van der Waals surface area (Å²) in [6.45, 7) is 5.66. The lowest BCUT2D eigenvalue weighted by Crippen LogP contribution is -2.32. The molecule has 6 heteroatoms. The van der Waals surface area contributed by atoms with Gasteiger partial charge in [0.15, 0.2) is 0 Å². The molecule has 0 saturated heterocycles. The Labute approximate surface area is 138 Å². The highest BCUT2D eigenvalue weighted by Gasteiger charge is 2.13. The fourth-order valence-electron chi connectivity index (χ4n) is 2.27. The molecule has 0 unspecified atom stereocenters. The number of likely N-dealkylation sites (N-methyl/N-ethyl adjacent to an activating group) is 1. The fourth-order valence-corrected chi connectivity index (χ4v) is 3.29. The molecule has 0 saturated carbocycles. The van der Waals surface area contributed by atoms with E-state index in [9.17, 15) is 8.42 Å². The van der Waals surface area contributed by atoms with Crippen LogP contribution in [0.4, 0.5) is 0 Å². The molecule has 23 heavy (non-hydrogen) atoms. The zero-order valence-corrected chi connectivity index (χ0v) is 14.6. The standard InChI is InChI=1S/C17H23N3O2S/c1-14-4-6-17(7-5-14)23(21,22)19-8-9-20(3)13-16-10-15(2)11-18-12-16/h4-7,10-12,19H,8-9,13H2,1-3H3. The largest absolute Gasteiger partial charge is 0.301 e. The molecule has 0 atom stereocenters. The highest BCUT2D eigenvalue weighted by atomic mass is 32.2. The van der Waals surface area contributed by atoms with Gasteiger partial charge in [0.05, 0.1) is 4.90 Å². The summed E-state index contributed by atoms with van der Waals surface area (Å²) in [6.07, 6.45) is 3.65. The summed E-state index contributed by atoms with van der Waals surface area (Å²) in [5.41, 5.74) is 3.28. The number of hydrogen-bond acceptors (Lipinski definition) is 4. The van der Waals surface area contributed by atoms with Crippen LogP contribution in [-0.2, 0) is 16.6 Å². The van der Waals surface area contributed by atoms with Gasteiger partial charge in [-0.15, -0.1) is 0 Å². The van der Waals surface area contributed by atoms with Crippen molar-refractivity contribution in [3.8, 4) is 0 Å². The van der Waals surface area contributed by atoms with Crippen LogP contribution in [-0.4, -0.2) is 38.4 Å². The normalized spacial score (nSPS) is 11.8. The molecule has 1 heterocycles. The van der Waals surface area contributed by atoms with Crippen molar-refractivity contribution in [3.05, 3.63) is 59.4 Å². The van der Waals surface area contributed by atoms with Crippen molar-refractivity contribution in [1.29, 1.82) is 0 Å². The number of benzene rings is 1. The lowest BCUT2D eigenvalue weighted by Gasteiger charge is -2.17. The number of rotatable bonds is 7. The van der Waals surface area contributed by atoms with Gasteiger partial charge in [-0.05, 0) is 44.2 Å². The molecular weight excluding hydrogens is 310 g/mol. The van der Waals surface area contributed by atoms with E-state index >= 15 is 0 Å². The molecule has 124 valence electrons. The van der Waals surface area contributed by atoms with Gasteiger partial charge in [-0.3, -0.25) is 4.98 Å². The zero-order chi connectivity index (χ0) is 16.9. The predicted molar refractivity (Wildman–Crippen MR) is 91.7 cm³/mol. The fraction of sp³-hybridized carbons (Fsp3) is 0.353. The molecule has 2 rings (SSSR count). The van der Waals surface area contributed by atoms with Crippen LogP contribution < -0.4 is 4.72 Å². The average Bonchev–Trinajstić information content (AvgIpc) is 2.47. The van der Waals surface area contributed by atoms with Gasteiger partial charge in [-0.25, -0.2) is 13.1 Å². The molecule has 0 spiro atoms. The van der Waals surface area contributed by atoms with Crippen LogP contribution in [0.5, 0.6) is 0 Å². The minimum Gasteiger partial charge on any atom is -0.301 e. The molecule has 5 nitrogen and oxygen atoms in total. The quantitative estimate of drug-likeness (QED) is 0.843. The monoisotopic (exact) mass is 333 g/mol. The van der Waals surface area contributed by atoms with Crippen LogP contribution in [0, 0.1) is 13.8 Å². The van der Waals surface area contributed by atoms with Crippen molar-refractivity contribution < 1.29 is 8.42 Å². The Kier molecular flexibility index (Phi) is 5.87. The first-order valence-corrected chi connectivity index (χ1v) is 9.00. The number of nitrogens with zero attached hydrogens (tertiary/aromatic N) is 2. The van der Waals surface area contributed by atoms with E-state index in [2.05, 4.69) is 20.7 Å². The minimum absolute atomic E-state index is 0.300. The third kappa shape index (κ3) is 5.42. The van der Waals surface area contributed by atoms with E-state index in [4.69, 9.17) is 0 Å². The van der Waals surface area contributed by atoms with Crippen LogP contribution in [0.2, 0.25) is 0 Å². The van der Waals surface area contributed by atoms with Crippen molar-refractivity contribution in [2.75, 3.05) is 20.1 Å². The van der Waals surface area contributed by atoms with Gasteiger partial charge >= 0.3 is 0 Å². The number of hydrogen-bond donors (Lipinski definition) is 1. The molecular formula is C17H23N3O2S. The third-order valence-electron chi connectivity index (χ3n) is 3.50. The summed E-state index contributed by atoms with van der Waals surface area (Å²) in [5, 5.41) is 0. The Morgan fingerprint density at radius 2 is 1.78 bits per heavy atom. The van der Waals surface area contributed by atoms with Gasteiger partial charge in [0.25, 0.3) is 0 Å². The summed E-state index contributed by atoms with van der Waals surface area (Å²) < 4.78 is 27.0. The Balaban J connectivity index is 1.85. The Morgan fingerprint density at radius 3 is 2.43 bits per heavy atom. The van der Waals surface area contributed by atoms with Gasteiger partial charge in [0.2, 0.25) is 10.0 Å². The van der Waals surface area contributed by atoms with Crippen LogP contribution >= 0.6 is 0 Å². The van der Waals surface area contributed by atoms with Gasteiger partial charge in [-0.1, -0.05) is 23.8 Å². The Morgan fingerprint density at radius 1 is 1.09 bits per heavy atom. The van der Waals surface area contributed by atoms with Crippen LogP contribution in [0.25, 0.3) is 0 Å². The van der Waals surface area contributed by atoms with E-state index in [-0.39, 0.29) is 0 Å². The molecule has 1 aromatic carbocycles. The molecule has 0 aliphatic carbocycles. The number of aromatic nitrogens is 1. The minimum atomic E-state index is -3.44. The first-order valence-electron chi connectivity index (χ1n) is 7.52. The third-order valence-corrected chi connectivity index (χ3v) is 4.98. The number of nitrogens with one attached hydrogen (secondary N) is 1. The summed E-state index contributed by atoms with van der Waals surface area (Å²) in [5.74, 6) is 0. The number of sulfonamides is 1. The van der Waals surface area contributed by atoms with Crippen molar-refractivity contribution in [3.63, 3.8) is 0 Å². The van der Waals surface area contributed by atoms with Crippen LogP contribution in [0.3, 0.4) is 0 Å². The zero-order valence-electron chi connectivity index (χ0n) is 13.8. The van der Waals surface area contributed by atoms with Crippen LogP contribution in [0.15, 0.2) is 47.6 Å². The van der Waals surface area contributed by atoms with Crippen molar-refractivity contribution in [2.45, 2.75) is 25.3 Å². The predicted octanol–water partition coefficient (Wildman–Crippen LogP) is 2.11. The second-order valence-electron chi connectivity index (χ2n) is 5.82. The molecule has 0 radical (unpaired) electrons. The van der Waals surface area contributed by atoms with E-state index in [0.717, 1.165) is 23.2 Å². The molecule has 1 N–H and O–H groups in total. The molecule has 2 aromatic rings. The van der Waals surface area contributed by atoms with E-state index in [1.165, 1.54) is 0 Å². The van der Waals surface area contributed by atoms with E-state index < -0.39 is 10.0 Å². The maximum atomic E-state index is 12.2. The van der Waals surface area contributed by atoms with Crippen molar-refractivity contribution >= 4 is 10.0 Å². The summed E-state index contributed by atoms with van der Waals surface area (Å²) in [6, 6.07) is 8.93. The SMILES string of the molecule is Cc1ccc(S(=O)(=O)NCCN(C)Cc2cncc(C)c2)cc1. The second-order valence-corrected chi connectivity index (χ2v) is 7.59. The van der Waals surface area contributed by atoms with Crippen molar-refractivity contribution in [2.24, 2.45) is 0 Å². The molecule has 0 aliphatic rings. The van der Waals surface area contributed by atoms with Gasteiger partial charge in [0, 0.05) is 32.0 Å². The van der Waals surface area contributed by atoms with Crippen LogP contribution in [0.1, 0.15) is 16.7 Å². The smallest absolute Gasteiger partial charge is 0.240 e. The lowest BCUT2D eigenvalue weighted by atomic mass is 10.2. The molecule has 0 fully saturated rings. The van der Waals surface area contributed by atoms with Crippen molar-refractivity contribution in [1.82, 2.24) is 14.6 Å². The van der Waals surface area contributed by atoms with E-state index in [1.807, 2.05) is 33.3 Å². The topological polar surface area (TPSA) is 62.3 Å². The molecule has 0 aliphatic heterocycles. The van der Waals surface area contributed by atoms with Gasteiger partial charge < -0.3 is 4.90 Å². The lowest BCUT2D eigenvalue weighted by molar-refractivity contribution is 0.331. The number of pyridine rings is 1. The molecule has 0 amide bonds. The van der Waals surface area contributed by atoms with Gasteiger partial charge in [0.1, 0.15) is 0 Å². The highest BCUT2D eigenvalue weighted by Crippen LogP contribution is 2.09. The maximum Gasteiger partial charge on any atom is 0.240 e. The average molecular weight is 333 g/mol. The summed E-state index contributed by atoms with van der Waals surface area (Å²) in [4.78, 5) is 6.53. The first kappa shape index (κ1) is 17.6. The first-order chi connectivity index (χ1) is 10.9. The number of aryl methyl sites for hydroxylation is 2. The highest BCUT2D eigenvalue weighted by molar-refractivity contribution is 7.89. The van der Waals surface area contributed by atoms with E-state index in [0.29, 0.717) is 18.0 Å². The molecule has 1 aromatic heterocycles. The summed E-state index contributed by atoms with van der Waals surface area (Å²) >= 11 is 0. The Hall–Kier alpha value is -1.76.